The predicted molar refractivity (Wildman–Crippen MR) is 86.6 cm³/mol. The van der Waals surface area contributed by atoms with Crippen molar-refractivity contribution in [2.24, 2.45) is 5.10 Å². The smallest absolute Gasteiger partial charge is 0.430 e. The van der Waals surface area contributed by atoms with Gasteiger partial charge in [-0.05, 0) is 29.3 Å². The van der Waals surface area contributed by atoms with Gasteiger partial charge in [-0.3, -0.25) is 0 Å². The Labute approximate surface area is 134 Å². The Hall–Kier alpha value is -3.02. The third kappa shape index (κ3) is 4.74. The molecule has 0 spiro atoms. The van der Waals surface area contributed by atoms with Crippen LogP contribution in [-0.4, -0.2) is 36.6 Å². The molecule has 6 heteroatoms. The fourth-order valence-electron chi connectivity index (χ4n) is 1.79. The maximum Gasteiger partial charge on any atom is 0.430 e. The summed E-state index contributed by atoms with van der Waals surface area (Å²) in [7, 11) is 2.96. The largest absolute Gasteiger partial charge is 0.504 e. The van der Waals surface area contributed by atoms with Crippen LogP contribution in [0, 0.1) is 0 Å². The zero-order valence-electron chi connectivity index (χ0n) is 13.0. The molecule has 0 radical (unpaired) electrons. The number of phenols is 1. The van der Waals surface area contributed by atoms with Crippen LogP contribution >= 0.6 is 0 Å². The summed E-state index contributed by atoms with van der Waals surface area (Å²) in [5.41, 5.74) is 1.59. The van der Waals surface area contributed by atoms with Crippen molar-refractivity contribution in [3.05, 3.63) is 59.7 Å². The minimum atomic E-state index is -0.559. The molecule has 0 aliphatic carbocycles. The SMILES string of the molecule is COc1cc(/C=N/N(C)C(=O)OCc2ccccc2)ccc1O. The topological polar surface area (TPSA) is 71.4 Å². The molecule has 0 bridgehead atoms. The van der Waals surface area contributed by atoms with E-state index < -0.39 is 6.09 Å². The van der Waals surface area contributed by atoms with Gasteiger partial charge in [-0.1, -0.05) is 30.3 Å². The van der Waals surface area contributed by atoms with Crippen molar-refractivity contribution in [3.63, 3.8) is 0 Å². The quantitative estimate of drug-likeness (QED) is 0.680. The van der Waals surface area contributed by atoms with E-state index in [2.05, 4.69) is 5.10 Å². The number of amides is 1. The van der Waals surface area contributed by atoms with Crippen LogP contribution in [0.5, 0.6) is 11.5 Å². The second-order valence-electron chi connectivity index (χ2n) is 4.74. The summed E-state index contributed by atoms with van der Waals surface area (Å²) in [4.78, 5) is 11.8. The maximum atomic E-state index is 11.8. The Kier molecular flexibility index (Phi) is 5.57. The summed E-state index contributed by atoms with van der Waals surface area (Å²) in [6, 6.07) is 14.2. The van der Waals surface area contributed by atoms with Crippen LogP contribution in [0.1, 0.15) is 11.1 Å². The fourth-order valence-corrected chi connectivity index (χ4v) is 1.79. The lowest BCUT2D eigenvalue weighted by atomic mass is 10.2. The van der Waals surface area contributed by atoms with Gasteiger partial charge in [0.15, 0.2) is 11.5 Å². The number of ether oxygens (including phenoxy) is 2. The van der Waals surface area contributed by atoms with Gasteiger partial charge in [-0.2, -0.15) is 5.10 Å². The third-order valence-corrected chi connectivity index (χ3v) is 3.05. The van der Waals surface area contributed by atoms with Crippen molar-refractivity contribution in [3.8, 4) is 11.5 Å². The lowest BCUT2D eigenvalue weighted by molar-refractivity contribution is 0.106. The first-order chi connectivity index (χ1) is 11.1. The molecule has 2 aromatic carbocycles. The third-order valence-electron chi connectivity index (χ3n) is 3.05. The van der Waals surface area contributed by atoms with Gasteiger partial charge in [0.25, 0.3) is 0 Å². The zero-order valence-corrected chi connectivity index (χ0v) is 13.0. The average molecular weight is 314 g/mol. The summed E-state index contributed by atoms with van der Waals surface area (Å²) in [5, 5.41) is 14.6. The molecule has 0 aliphatic heterocycles. The molecule has 2 aromatic rings. The Balaban J connectivity index is 1.92. The van der Waals surface area contributed by atoms with Crippen LogP contribution in [0.3, 0.4) is 0 Å². The van der Waals surface area contributed by atoms with E-state index in [1.165, 1.54) is 26.4 Å². The van der Waals surface area contributed by atoms with Crippen LogP contribution in [0.4, 0.5) is 4.79 Å². The van der Waals surface area contributed by atoms with Gasteiger partial charge in [0.05, 0.1) is 13.3 Å². The lowest BCUT2D eigenvalue weighted by Gasteiger charge is -2.11. The number of methoxy groups -OCH3 is 1. The second-order valence-corrected chi connectivity index (χ2v) is 4.74. The van der Waals surface area contributed by atoms with Crippen LogP contribution in [0.2, 0.25) is 0 Å². The number of hydrogen-bond donors (Lipinski definition) is 1. The van der Waals surface area contributed by atoms with Crippen molar-refractivity contribution in [1.82, 2.24) is 5.01 Å². The molecule has 6 nitrogen and oxygen atoms in total. The van der Waals surface area contributed by atoms with E-state index in [0.717, 1.165) is 10.6 Å². The highest BCUT2D eigenvalue weighted by atomic mass is 16.6. The number of carbonyl (C=O) groups is 1. The average Bonchev–Trinajstić information content (AvgIpc) is 2.59. The van der Waals surface area contributed by atoms with E-state index in [-0.39, 0.29) is 12.4 Å². The number of phenolic OH excluding ortho intramolecular Hbond substituents is 1. The number of aromatic hydroxyl groups is 1. The lowest BCUT2D eigenvalue weighted by Crippen LogP contribution is -2.22. The summed E-state index contributed by atoms with van der Waals surface area (Å²) in [5.74, 6) is 0.378. The Morgan fingerprint density at radius 3 is 2.70 bits per heavy atom. The van der Waals surface area contributed by atoms with E-state index in [9.17, 15) is 9.90 Å². The molecule has 0 atom stereocenters. The van der Waals surface area contributed by atoms with E-state index >= 15 is 0 Å². The molecule has 1 amide bonds. The molecule has 120 valence electrons. The summed E-state index contributed by atoms with van der Waals surface area (Å²) >= 11 is 0. The first-order valence-corrected chi connectivity index (χ1v) is 6.95. The Morgan fingerprint density at radius 1 is 1.26 bits per heavy atom. The molecule has 0 heterocycles. The predicted octanol–water partition coefficient (Wildman–Crippen LogP) is 3.00. The molecule has 0 fully saturated rings. The molecule has 0 saturated heterocycles. The van der Waals surface area contributed by atoms with E-state index in [1.807, 2.05) is 30.3 Å². The van der Waals surface area contributed by atoms with Gasteiger partial charge in [-0.15, -0.1) is 0 Å². The van der Waals surface area contributed by atoms with Crippen LogP contribution in [-0.2, 0) is 11.3 Å². The molecular weight excluding hydrogens is 296 g/mol. The number of hydrogen-bond acceptors (Lipinski definition) is 5. The van der Waals surface area contributed by atoms with Gasteiger partial charge in [0, 0.05) is 7.05 Å². The molecular formula is C17H18N2O4. The van der Waals surface area contributed by atoms with Gasteiger partial charge in [-0.25, -0.2) is 9.80 Å². The van der Waals surface area contributed by atoms with E-state index in [0.29, 0.717) is 11.3 Å². The normalized spacial score (nSPS) is 10.5. The monoisotopic (exact) mass is 314 g/mol. The van der Waals surface area contributed by atoms with E-state index in [4.69, 9.17) is 9.47 Å². The summed E-state index contributed by atoms with van der Waals surface area (Å²) in [6.45, 7) is 0.187. The highest BCUT2D eigenvalue weighted by molar-refractivity contribution is 5.82. The van der Waals surface area contributed by atoms with Gasteiger partial charge >= 0.3 is 6.09 Å². The van der Waals surface area contributed by atoms with Gasteiger partial charge in [0.2, 0.25) is 0 Å². The summed E-state index contributed by atoms with van der Waals surface area (Å²) in [6.07, 6.45) is 0.919. The Bertz CT molecular complexity index is 686. The molecule has 0 saturated carbocycles. The molecule has 23 heavy (non-hydrogen) atoms. The highest BCUT2D eigenvalue weighted by Gasteiger charge is 2.08. The van der Waals surface area contributed by atoms with Crippen LogP contribution < -0.4 is 4.74 Å². The minimum Gasteiger partial charge on any atom is -0.504 e. The minimum absolute atomic E-state index is 0.0419. The van der Waals surface area contributed by atoms with Crippen molar-refractivity contribution >= 4 is 12.3 Å². The van der Waals surface area contributed by atoms with Crippen molar-refractivity contribution in [1.29, 1.82) is 0 Å². The first-order valence-electron chi connectivity index (χ1n) is 6.95. The first kappa shape index (κ1) is 16.4. The maximum absolute atomic E-state index is 11.8. The number of carbonyl (C=O) groups excluding carboxylic acids is 1. The molecule has 0 aromatic heterocycles. The Morgan fingerprint density at radius 2 is 2.00 bits per heavy atom. The van der Waals surface area contributed by atoms with Gasteiger partial charge in [0.1, 0.15) is 6.61 Å². The van der Waals surface area contributed by atoms with Crippen LogP contribution in [0.25, 0.3) is 0 Å². The molecule has 0 aliphatic rings. The van der Waals surface area contributed by atoms with Gasteiger partial charge < -0.3 is 14.6 Å². The molecule has 0 unspecified atom stereocenters. The fraction of sp³-hybridized carbons (Fsp3) is 0.176. The number of benzene rings is 2. The molecule has 2 rings (SSSR count). The second kappa shape index (κ2) is 7.84. The standard InChI is InChI=1S/C17H18N2O4/c1-19(17(21)23-12-13-6-4-3-5-7-13)18-11-14-8-9-15(20)16(10-14)22-2/h3-11,20H,12H2,1-2H3/b18-11+. The molecule has 1 N–H and O–H groups in total. The van der Waals surface area contributed by atoms with E-state index in [1.54, 1.807) is 12.1 Å². The van der Waals surface area contributed by atoms with Crippen molar-refractivity contribution in [2.45, 2.75) is 6.61 Å². The zero-order chi connectivity index (χ0) is 16.7. The number of nitrogens with zero attached hydrogens (tertiary/aromatic N) is 2. The summed E-state index contributed by atoms with van der Waals surface area (Å²) < 4.78 is 10.2. The van der Waals surface area contributed by atoms with Crippen molar-refractivity contribution < 1.29 is 19.4 Å². The number of rotatable bonds is 5. The highest BCUT2D eigenvalue weighted by Crippen LogP contribution is 2.25. The van der Waals surface area contributed by atoms with Crippen LogP contribution in [0.15, 0.2) is 53.6 Å². The number of hydrazone groups is 1. The van der Waals surface area contributed by atoms with Crippen molar-refractivity contribution in [2.75, 3.05) is 14.2 Å².